The zero-order valence-corrected chi connectivity index (χ0v) is 6.24. The Balaban J connectivity index is 2.86. The van der Waals surface area contributed by atoms with Crippen LogP contribution < -0.4 is 5.73 Å². The van der Waals surface area contributed by atoms with Gasteiger partial charge in [0.05, 0.1) is 6.07 Å². The second kappa shape index (κ2) is 2.70. The van der Waals surface area contributed by atoms with E-state index in [1.807, 2.05) is 13.0 Å². The van der Waals surface area contributed by atoms with E-state index in [4.69, 9.17) is 11.0 Å². The summed E-state index contributed by atoms with van der Waals surface area (Å²) in [5.41, 5.74) is 5.35. The van der Waals surface area contributed by atoms with Gasteiger partial charge in [0.15, 0.2) is 11.7 Å². The summed E-state index contributed by atoms with van der Waals surface area (Å²) in [7, 11) is 0. The van der Waals surface area contributed by atoms with E-state index in [1.54, 1.807) is 0 Å². The Kier molecular flexibility index (Phi) is 1.90. The molecular weight excluding hydrogens is 142 g/mol. The van der Waals surface area contributed by atoms with E-state index in [9.17, 15) is 4.79 Å². The van der Waals surface area contributed by atoms with E-state index >= 15 is 0 Å². The molecule has 0 aromatic carbocycles. The molecule has 0 aromatic rings. The molecule has 4 heteroatoms. The first-order valence-corrected chi connectivity index (χ1v) is 3.47. The number of hydrogen-bond acceptors (Lipinski definition) is 4. The lowest BCUT2D eigenvalue weighted by atomic mass is 10.0. The second-order valence-electron chi connectivity index (χ2n) is 2.44. The predicted octanol–water partition coefficient (Wildman–Crippen LogP) is -0.155. The highest BCUT2D eigenvalue weighted by molar-refractivity contribution is 6.12. The molecule has 0 saturated heterocycles. The summed E-state index contributed by atoms with van der Waals surface area (Å²) >= 11 is 0. The van der Waals surface area contributed by atoms with Crippen molar-refractivity contribution in [2.24, 2.45) is 16.6 Å². The maximum absolute atomic E-state index is 11.2. The van der Waals surface area contributed by atoms with E-state index in [0.29, 0.717) is 6.42 Å². The van der Waals surface area contributed by atoms with Gasteiger partial charge in [0.25, 0.3) is 0 Å². The maximum Gasteiger partial charge on any atom is 0.182 e. The fraction of sp³-hybridized carbons (Fsp3) is 0.571. The number of Topliss-reactive ketones (excluding diaryl/α,β-unsaturated/α-hetero) is 1. The number of carbonyl (C=O) groups is 1. The first-order chi connectivity index (χ1) is 5.20. The van der Waals surface area contributed by atoms with E-state index in [1.165, 1.54) is 0 Å². The number of nitrogens with zero attached hydrogens (tertiary/aromatic N) is 2. The molecule has 0 saturated carbocycles. The molecule has 2 unspecified atom stereocenters. The molecular formula is C7H9N3O. The molecule has 11 heavy (non-hydrogen) atoms. The standard InChI is InChI=1S/C7H9N3O/c1-2-5-6(11)4(3-8)7(9)10-5/h4-5H,2H2,1H3,(H2,9,10). The molecule has 0 aromatic heterocycles. The van der Waals surface area contributed by atoms with Crippen molar-refractivity contribution in [3.05, 3.63) is 0 Å². The van der Waals surface area contributed by atoms with Crippen LogP contribution in [0.4, 0.5) is 0 Å². The van der Waals surface area contributed by atoms with E-state index in [-0.39, 0.29) is 17.7 Å². The molecule has 0 amide bonds. The van der Waals surface area contributed by atoms with Crippen molar-refractivity contribution in [2.75, 3.05) is 0 Å². The Morgan fingerprint density at radius 2 is 2.45 bits per heavy atom. The van der Waals surface area contributed by atoms with Crippen molar-refractivity contribution in [3.63, 3.8) is 0 Å². The van der Waals surface area contributed by atoms with Crippen LogP contribution in [0, 0.1) is 17.2 Å². The van der Waals surface area contributed by atoms with Crippen LogP contribution in [0.5, 0.6) is 0 Å². The first kappa shape index (κ1) is 7.73. The molecule has 0 fully saturated rings. The van der Waals surface area contributed by atoms with Gasteiger partial charge in [0.1, 0.15) is 11.9 Å². The number of hydrogen-bond donors (Lipinski definition) is 1. The van der Waals surface area contributed by atoms with Crippen molar-refractivity contribution >= 4 is 11.6 Å². The molecule has 1 aliphatic rings. The summed E-state index contributed by atoms with van der Waals surface area (Å²) in [4.78, 5) is 15.0. The van der Waals surface area contributed by atoms with E-state index < -0.39 is 5.92 Å². The van der Waals surface area contributed by atoms with Crippen LogP contribution >= 0.6 is 0 Å². The molecule has 2 atom stereocenters. The highest BCUT2D eigenvalue weighted by atomic mass is 16.1. The number of nitriles is 1. The molecule has 1 heterocycles. The number of carbonyl (C=O) groups excluding carboxylic acids is 1. The number of nitrogens with two attached hydrogens (primary N) is 1. The third-order valence-electron chi connectivity index (χ3n) is 1.73. The number of rotatable bonds is 1. The summed E-state index contributed by atoms with van der Waals surface area (Å²) < 4.78 is 0. The van der Waals surface area contributed by atoms with Crippen molar-refractivity contribution in [2.45, 2.75) is 19.4 Å². The minimum Gasteiger partial charge on any atom is -0.386 e. The topological polar surface area (TPSA) is 79.2 Å². The maximum atomic E-state index is 11.2. The average molecular weight is 151 g/mol. The zero-order chi connectivity index (χ0) is 8.43. The highest BCUT2D eigenvalue weighted by Gasteiger charge is 2.34. The second-order valence-corrected chi connectivity index (χ2v) is 2.44. The number of aliphatic imine (C=N–C) groups is 1. The lowest BCUT2D eigenvalue weighted by molar-refractivity contribution is -0.120. The normalized spacial score (nSPS) is 29.8. The molecule has 4 nitrogen and oxygen atoms in total. The molecule has 0 spiro atoms. The summed E-state index contributed by atoms with van der Waals surface area (Å²) in [6, 6.07) is 1.45. The Hall–Kier alpha value is -1.37. The Morgan fingerprint density at radius 1 is 1.82 bits per heavy atom. The third-order valence-corrected chi connectivity index (χ3v) is 1.73. The summed E-state index contributed by atoms with van der Waals surface area (Å²) in [6.07, 6.45) is 0.623. The van der Waals surface area contributed by atoms with Crippen LogP contribution in [-0.4, -0.2) is 17.7 Å². The third kappa shape index (κ3) is 1.09. The van der Waals surface area contributed by atoms with Crippen LogP contribution in [0.1, 0.15) is 13.3 Å². The van der Waals surface area contributed by atoms with E-state index in [0.717, 1.165) is 0 Å². The number of amidine groups is 1. The molecule has 0 radical (unpaired) electrons. The van der Waals surface area contributed by atoms with Gasteiger partial charge in [0.2, 0.25) is 0 Å². The largest absolute Gasteiger partial charge is 0.386 e. The fourth-order valence-corrected chi connectivity index (χ4v) is 1.08. The molecule has 1 aliphatic heterocycles. The van der Waals surface area contributed by atoms with Gasteiger partial charge in [0, 0.05) is 0 Å². The van der Waals surface area contributed by atoms with Crippen LogP contribution in [0.25, 0.3) is 0 Å². The smallest absolute Gasteiger partial charge is 0.182 e. The number of ketones is 1. The van der Waals surface area contributed by atoms with Gasteiger partial charge < -0.3 is 5.73 Å². The monoisotopic (exact) mass is 151 g/mol. The lowest BCUT2D eigenvalue weighted by Crippen LogP contribution is -2.25. The van der Waals surface area contributed by atoms with Gasteiger partial charge in [-0.3, -0.25) is 9.79 Å². The van der Waals surface area contributed by atoms with Crippen molar-refractivity contribution < 1.29 is 4.79 Å². The van der Waals surface area contributed by atoms with Crippen LogP contribution in [0.15, 0.2) is 4.99 Å². The van der Waals surface area contributed by atoms with Crippen molar-refractivity contribution in [1.29, 1.82) is 5.26 Å². The van der Waals surface area contributed by atoms with E-state index in [2.05, 4.69) is 4.99 Å². The van der Waals surface area contributed by atoms with Crippen molar-refractivity contribution in [3.8, 4) is 6.07 Å². The summed E-state index contributed by atoms with van der Waals surface area (Å²) in [6.45, 7) is 1.85. The van der Waals surface area contributed by atoms with Crippen LogP contribution in [-0.2, 0) is 4.79 Å². The van der Waals surface area contributed by atoms with Gasteiger partial charge in [-0.1, -0.05) is 6.92 Å². The van der Waals surface area contributed by atoms with Gasteiger partial charge in [-0.2, -0.15) is 5.26 Å². The highest BCUT2D eigenvalue weighted by Crippen LogP contribution is 2.15. The van der Waals surface area contributed by atoms with Gasteiger partial charge in [-0.25, -0.2) is 0 Å². The van der Waals surface area contributed by atoms with Crippen molar-refractivity contribution in [1.82, 2.24) is 0 Å². The van der Waals surface area contributed by atoms with Gasteiger partial charge >= 0.3 is 0 Å². The molecule has 0 bridgehead atoms. The quantitative estimate of drug-likeness (QED) is 0.565. The minimum absolute atomic E-state index is 0.160. The van der Waals surface area contributed by atoms with Crippen LogP contribution in [0.2, 0.25) is 0 Å². The van der Waals surface area contributed by atoms with Crippen LogP contribution in [0.3, 0.4) is 0 Å². The zero-order valence-electron chi connectivity index (χ0n) is 6.24. The minimum atomic E-state index is -0.792. The summed E-state index contributed by atoms with van der Waals surface area (Å²) in [5.74, 6) is -0.781. The lowest BCUT2D eigenvalue weighted by Gasteiger charge is -1.98. The predicted molar refractivity (Wildman–Crippen MR) is 39.8 cm³/mol. The molecule has 2 N–H and O–H groups in total. The Bertz CT molecular complexity index is 251. The van der Waals surface area contributed by atoms with Gasteiger partial charge in [-0.05, 0) is 6.42 Å². The fourth-order valence-electron chi connectivity index (χ4n) is 1.08. The Morgan fingerprint density at radius 3 is 2.73 bits per heavy atom. The average Bonchev–Trinajstić information content (AvgIpc) is 2.26. The first-order valence-electron chi connectivity index (χ1n) is 3.47. The molecule has 1 rings (SSSR count). The Labute approximate surface area is 64.7 Å². The molecule has 58 valence electrons. The SMILES string of the molecule is CCC1N=C(N)C(C#N)C1=O. The molecule has 0 aliphatic carbocycles. The van der Waals surface area contributed by atoms with Gasteiger partial charge in [-0.15, -0.1) is 0 Å². The summed E-state index contributed by atoms with van der Waals surface area (Å²) in [5, 5.41) is 8.49.